The van der Waals surface area contributed by atoms with Crippen LogP contribution in [0.1, 0.15) is 28.0 Å². The molecule has 1 fully saturated rings. The Hall–Kier alpha value is -4.96. The van der Waals surface area contributed by atoms with Crippen molar-refractivity contribution >= 4 is 55.2 Å². The number of aliphatic carboxylic acids is 2. The summed E-state index contributed by atoms with van der Waals surface area (Å²) in [6.45, 7) is 4.63. The summed E-state index contributed by atoms with van der Waals surface area (Å²) in [6.07, 6.45) is -9.38. The van der Waals surface area contributed by atoms with Gasteiger partial charge >= 0.3 is 24.3 Å². The molecule has 2 aliphatic heterocycles. The second kappa shape index (κ2) is 13.3. The molecule has 48 heavy (non-hydrogen) atoms. The highest BCUT2D eigenvalue weighted by Gasteiger charge is 2.39. The second-order valence-corrected chi connectivity index (χ2v) is 11.5. The zero-order valence-corrected chi connectivity index (χ0v) is 25.2. The molecule has 2 aromatic heterocycles. The fraction of sp³-hybridized carbons (Fsp3) is 0.310. The fourth-order valence-corrected chi connectivity index (χ4v) is 6.46. The van der Waals surface area contributed by atoms with Crippen molar-refractivity contribution in [1.82, 2.24) is 14.8 Å². The zero-order chi connectivity index (χ0) is 35.9. The molecule has 1 unspecified atom stereocenters. The molecule has 0 spiro atoms. The summed E-state index contributed by atoms with van der Waals surface area (Å²) in [5, 5.41) is 28.4. The number of nitrogen functional groups attached to an aromatic ring is 1. The number of benzene rings is 2. The number of halogens is 8. The van der Waals surface area contributed by atoms with Crippen molar-refractivity contribution in [3.8, 4) is 17.2 Å². The number of nitrogens with zero attached hydrogens (tertiary/aromatic N) is 3. The molecule has 0 aliphatic carbocycles. The van der Waals surface area contributed by atoms with E-state index < -0.39 is 35.9 Å². The molecule has 2 aliphatic rings. The van der Waals surface area contributed by atoms with Crippen LogP contribution in [-0.4, -0.2) is 75.6 Å². The Kier molecular flexibility index (Phi) is 9.92. The number of carboxylic acids is 2. The molecule has 1 atom stereocenters. The number of piperazine rings is 1. The van der Waals surface area contributed by atoms with Crippen LogP contribution >= 0.6 is 11.3 Å². The topological polar surface area (TPSA) is 162 Å². The first kappa shape index (κ1) is 35.9. The highest BCUT2D eigenvalue weighted by molar-refractivity contribution is 7.23. The first-order chi connectivity index (χ1) is 22.3. The Labute approximate surface area is 268 Å². The highest BCUT2D eigenvalue weighted by atomic mass is 32.1. The van der Waals surface area contributed by atoms with Gasteiger partial charge in [0.2, 0.25) is 0 Å². The standard InChI is InChI=1S/C25H21F2N5OS.2C2HF3O2/c1-12-8-15-20(14-2-3-18(26)23-21(14)17(10-28)24(29)34-23)19(27)9-16-22(15)31(12)6-4-13-11-30-5-7-32(13)25(16)33;2*3-2(4,5)1(6)7/h2-3,8-9,13,30H,4-7,11,29H2,1H3;2*(H,6,7). The van der Waals surface area contributed by atoms with E-state index in [0.29, 0.717) is 47.1 Å². The van der Waals surface area contributed by atoms with Gasteiger partial charge in [-0.2, -0.15) is 31.6 Å². The van der Waals surface area contributed by atoms with Gasteiger partial charge in [-0.05, 0) is 37.1 Å². The van der Waals surface area contributed by atoms with E-state index in [4.69, 9.17) is 25.5 Å². The third-order valence-electron chi connectivity index (χ3n) is 7.55. The van der Waals surface area contributed by atoms with Gasteiger partial charge in [0.25, 0.3) is 5.91 Å². The molecular formula is C29H23F8N5O5S. The van der Waals surface area contributed by atoms with Crippen LogP contribution in [0.15, 0.2) is 24.3 Å². The second-order valence-electron chi connectivity index (χ2n) is 10.5. The summed E-state index contributed by atoms with van der Waals surface area (Å²) in [4.78, 5) is 33.2. The van der Waals surface area contributed by atoms with E-state index in [0.717, 1.165) is 30.0 Å². The first-order valence-corrected chi connectivity index (χ1v) is 14.5. The number of carboxylic acid groups (broad SMARTS) is 2. The van der Waals surface area contributed by atoms with Crippen LogP contribution < -0.4 is 11.1 Å². The molecular weight excluding hydrogens is 682 g/mol. The number of carbonyl (C=O) groups excluding carboxylic acids is 1. The quantitative estimate of drug-likeness (QED) is 0.185. The Morgan fingerprint density at radius 3 is 2.19 bits per heavy atom. The highest BCUT2D eigenvalue weighted by Crippen LogP contribution is 2.45. The summed E-state index contributed by atoms with van der Waals surface area (Å²) < 4.78 is 96.3. The molecule has 4 aromatic rings. The summed E-state index contributed by atoms with van der Waals surface area (Å²) in [7, 11) is 0. The summed E-state index contributed by atoms with van der Waals surface area (Å²) in [6, 6.07) is 8.06. The van der Waals surface area contributed by atoms with Gasteiger partial charge in [-0.1, -0.05) is 6.07 Å². The van der Waals surface area contributed by atoms with Gasteiger partial charge in [0, 0.05) is 54.3 Å². The smallest absolute Gasteiger partial charge is 0.475 e. The van der Waals surface area contributed by atoms with E-state index in [1.165, 1.54) is 18.2 Å². The number of hydrogen-bond donors (Lipinski definition) is 4. The lowest BCUT2D eigenvalue weighted by molar-refractivity contribution is -0.193. The van der Waals surface area contributed by atoms with Crippen LogP contribution in [0, 0.1) is 29.9 Å². The fourth-order valence-electron chi connectivity index (χ4n) is 5.51. The van der Waals surface area contributed by atoms with Crippen molar-refractivity contribution in [3.63, 3.8) is 0 Å². The third-order valence-corrected chi connectivity index (χ3v) is 8.58. The lowest BCUT2D eigenvalue weighted by Crippen LogP contribution is -2.54. The van der Waals surface area contributed by atoms with Crippen LogP contribution in [0.25, 0.3) is 32.1 Å². The van der Waals surface area contributed by atoms with Crippen LogP contribution in [-0.2, 0) is 16.1 Å². The van der Waals surface area contributed by atoms with Crippen LogP contribution in [0.2, 0.25) is 0 Å². The van der Waals surface area contributed by atoms with Gasteiger partial charge in [-0.3, -0.25) is 4.79 Å². The molecule has 1 amide bonds. The number of nitriles is 1. The van der Waals surface area contributed by atoms with E-state index in [1.54, 1.807) is 0 Å². The monoisotopic (exact) mass is 705 g/mol. The summed E-state index contributed by atoms with van der Waals surface area (Å²) in [5.74, 6) is -6.78. The molecule has 0 bridgehead atoms. The summed E-state index contributed by atoms with van der Waals surface area (Å²) in [5.41, 5.74) is 8.73. The predicted molar refractivity (Wildman–Crippen MR) is 156 cm³/mol. The average molecular weight is 706 g/mol. The van der Waals surface area contributed by atoms with Crippen LogP contribution in [0.4, 0.5) is 40.1 Å². The number of aryl methyl sites for hydroxylation is 2. The van der Waals surface area contributed by atoms with Crippen LogP contribution in [0.3, 0.4) is 0 Å². The number of alkyl halides is 6. The Morgan fingerprint density at radius 2 is 1.62 bits per heavy atom. The lowest BCUT2D eigenvalue weighted by Gasteiger charge is -2.38. The van der Waals surface area contributed by atoms with E-state index >= 15 is 4.39 Å². The largest absolute Gasteiger partial charge is 0.490 e. The third kappa shape index (κ3) is 6.85. The van der Waals surface area contributed by atoms with Gasteiger partial charge in [-0.15, -0.1) is 11.3 Å². The molecule has 4 heterocycles. The number of rotatable bonds is 1. The van der Waals surface area contributed by atoms with E-state index in [-0.39, 0.29) is 32.8 Å². The van der Waals surface area contributed by atoms with Crippen molar-refractivity contribution in [2.24, 2.45) is 0 Å². The van der Waals surface area contributed by atoms with Gasteiger partial charge < -0.3 is 30.7 Å². The van der Waals surface area contributed by atoms with Crippen molar-refractivity contribution in [3.05, 3.63) is 52.7 Å². The molecule has 0 radical (unpaired) electrons. The van der Waals surface area contributed by atoms with E-state index in [1.807, 2.05) is 17.9 Å². The van der Waals surface area contributed by atoms with E-state index in [2.05, 4.69) is 16.0 Å². The minimum absolute atomic E-state index is 0.0534. The first-order valence-electron chi connectivity index (χ1n) is 13.6. The maximum atomic E-state index is 15.9. The SMILES string of the molecule is Cc1cc2c(-c3ccc(F)c4sc(N)c(C#N)c34)c(F)cc3c2n1CCC1CNCCN1C3=O.O=C(O)C(F)(F)F.O=C(O)C(F)(F)F. The number of aromatic nitrogens is 1. The number of amides is 1. The number of anilines is 1. The lowest BCUT2D eigenvalue weighted by atomic mass is 9.93. The van der Waals surface area contributed by atoms with Crippen LogP contribution in [0.5, 0.6) is 0 Å². The van der Waals surface area contributed by atoms with Crippen molar-refractivity contribution in [1.29, 1.82) is 5.26 Å². The molecule has 5 N–H and O–H groups in total. The minimum Gasteiger partial charge on any atom is -0.475 e. The Bertz CT molecular complexity index is 1960. The number of nitrogens with one attached hydrogen (secondary N) is 1. The molecule has 19 heteroatoms. The number of nitrogens with two attached hydrogens (primary N) is 1. The number of hydrogen-bond acceptors (Lipinski definition) is 7. The van der Waals surface area contributed by atoms with Gasteiger partial charge in [-0.25, -0.2) is 18.4 Å². The van der Waals surface area contributed by atoms with Crippen molar-refractivity contribution in [2.75, 3.05) is 25.4 Å². The number of carbonyl (C=O) groups is 3. The van der Waals surface area contributed by atoms with E-state index in [9.17, 15) is 40.8 Å². The number of thiophene rings is 1. The van der Waals surface area contributed by atoms with Gasteiger partial charge in [0.15, 0.2) is 0 Å². The molecule has 0 saturated carbocycles. The maximum Gasteiger partial charge on any atom is 0.490 e. The Morgan fingerprint density at radius 1 is 1.02 bits per heavy atom. The Balaban J connectivity index is 0.000000314. The molecule has 2 aromatic carbocycles. The average Bonchev–Trinajstić information content (AvgIpc) is 3.51. The van der Waals surface area contributed by atoms with Crippen molar-refractivity contribution in [2.45, 2.75) is 38.3 Å². The predicted octanol–water partition coefficient (Wildman–Crippen LogP) is 5.65. The van der Waals surface area contributed by atoms with Gasteiger partial charge in [0.1, 0.15) is 22.7 Å². The molecule has 256 valence electrons. The van der Waals surface area contributed by atoms with Gasteiger partial charge in [0.05, 0.1) is 21.3 Å². The molecule has 6 rings (SSSR count). The molecule has 1 saturated heterocycles. The molecule has 10 nitrogen and oxygen atoms in total. The number of fused-ring (bicyclic) bond motifs is 2. The zero-order valence-electron chi connectivity index (χ0n) is 24.4. The normalized spacial score (nSPS) is 16.1. The maximum absolute atomic E-state index is 15.9. The van der Waals surface area contributed by atoms with Crippen molar-refractivity contribution < 1.29 is 59.7 Å². The minimum atomic E-state index is -5.08. The summed E-state index contributed by atoms with van der Waals surface area (Å²) >= 11 is 0.982.